The maximum Gasteiger partial charge on any atom is 0.248 e. The Morgan fingerprint density at radius 2 is 2.08 bits per heavy atom. The van der Waals surface area contributed by atoms with Crippen LogP contribution in [-0.4, -0.2) is 25.7 Å². The summed E-state index contributed by atoms with van der Waals surface area (Å²) in [5.41, 5.74) is 8.84. The Labute approximate surface area is 154 Å². The Hall–Kier alpha value is -3.00. The molecule has 4 rings (SSSR count). The molecule has 0 bridgehead atoms. The third-order valence-corrected chi connectivity index (χ3v) is 5.13. The Kier molecular flexibility index (Phi) is 4.26. The minimum absolute atomic E-state index is 0.419. The van der Waals surface area contributed by atoms with E-state index >= 15 is 0 Å². The molecule has 132 valence electrons. The molecule has 4 N–H and O–H groups in total. The molecule has 7 nitrogen and oxygen atoms in total. The number of carbonyl (C=O) groups excluding carboxylic acids is 1. The Balaban J connectivity index is 1.67. The number of amides is 1. The van der Waals surface area contributed by atoms with Gasteiger partial charge in [-0.3, -0.25) is 4.79 Å². The van der Waals surface area contributed by atoms with Gasteiger partial charge in [0.1, 0.15) is 6.04 Å². The largest absolute Gasteiger partial charge is 0.366 e. The van der Waals surface area contributed by atoms with E-state index in [0.29, 0.717) is 22.4 Å². The summed E-state index contributed by atoms with van der Waals surface area (Å²) < 4.78 is 1.71. The van der Waals surface area contributed by atoms with Crippen molar-refractivity contribution in [2.24, 2.45) is 5.73 Å². The normalized spacial score (nSPS) is 16.3. The summed E-state index contributed by atoms with van der Waals surface area (Å²) >= 11 is 1.55. The molecule has 1 amide bonds. The van der Waals surface area contributed by atoms with E-state index in [9.17, 15) is 4.79 Å². The number of nitrogens with one attached hydrogen (secondary N) is 2. The van der Waals surface area contributed by atoms with Crippen LogP contribution in [0.15, 0.2) is 65.1 Å². The summed E-state index contributed by atoms with van der Waals surface area (Å²) in [4.78, 5) is 19.8. The van der Waals surface area contributed by atoms with Crippen LogP contribution in [0.4, 0.5) is 5.95 Å². The van der Waals surface area contributed by atoms with Crippen LogP contribution in [0.25, 0.3) is 0 Å². The van der Waals surface area contributed by atoms with Crippen LogP contribution in [0.2, 0.25) is 0 Å². The Morgan fingerprint density at radius 1 is 1.27 bits per heavy atom. The topological polar surface area (TPSA) is 102 Å². The molecule has 1 unspecified atom stereocenters. The highest BCUT2D eigenvalue weighted by molar-refractivity contribution is 7.98. The minimum Gasteiger partial charge on any atom is -0.366 e. The number of aromatic amines is 1. The van der Waals surface area contributed by atoms with Gasteiger partial charge in [-0.2, -0.15) is 4.98 Å². The second-order valence-electron chi connectivity index (χ2n) is 5.99. The summed E-state index contributed by atoms with van der Waals surface area (Å²) in [6, 6.07) is 13.5. The maximum atomic E-state index is 12.0. The van der Waals surface area contributed by atoms with E-state index in [4.69, 9.17) is 5.73 Å². The maximum absolute atomic E-state index is 12.0. The van der Waals surface area contributed by atoms with Gasteiger partial charge in [0.05, 0.1) is 5.57 Å². The van der Waals surface area contributed by atoms with Crippen LogP contribution in [-0.2, 0) is 10.5 Å². The number of hydrogen-bond donors (Lipinski definition) is 3. The third-order valence-electron chi connectivity index (χ3n) is 4.23. The first-order valence-corrected chi connectivity index (χ1v) is 9.16. The van der Waals surface area contributed by atoms with Crippen LogP contribution in [0.5, 0.6) is 0 Å². The number of allylic oxidation sites excluding steroid dienone is 1. The molecule has 1 aromatic carbocycles. The first-order chi connectivity index (χ1) is 12.6. The number of nitrogens with two attached hydrogens (primary N) is 1. The van der Waals surface area contributed by atoms with E-state index in [1.165, 1.54) is 5.56 Å². The molecule has 3 heterocycles. The van der Waals surface area contributed by atoms with Gasteiger partial charge < -0.3 is 16.0 Å². The zero-order valence-corrected chi connectivity index (χ0v) is 15.0. The van der Waals surface area contributed by atoms with Crippen molar-refractivity contribution in [3.05, 3.63) is 71.2 Å². The monoisotopic (exact) mass is 366 g/mol. The molecule has 0 radical (unpaired) electrons. The molecule has 26 heavy (non-hydrogen) atoms. The highest BCUT2D eigenvalue weighted by atomic mass is 32.2. The SMILES string of the molecule is CC1=C(C(N)=O)C(c2ccc[nH]2)n2nc(SCc3ccccc3)nc2N1. The molecule has 2 aromatic heterocycles. The molecule has 1 aliphatic rings. The van der Waals surface area contributed by atoms with Crippen molar-refractivity contribution < 1.29 is 4.79 Å². The average Bonchev–Trinajstić information content (AvgIpc) is 3.29. The van der Waals surface area contributed by atoms with E-state index in [0.717, 1.165) is 11.4 Å². The van der Waals surface area contributed by atoms with Crippen molar-refractivity contribution in [3.8, 4) is 0 Å². The van der Waals surface area contributed by atoms with Crippen molar-refractivity contribution in [2.45, 2.75) is 23.9 Å². The standard InChI is InChI=1S/C18H18N6OS/c1-11-14(16(19)25)15(13-8-5-9-20-13)24-17(21-11)22-18(23-24)26-10-12-6-3-2-4-7-12/h2-9,15,20H,10H2,1H3,(H2,19,25)(H,21,22,23). The fourth-order valence-electron chi connectivity index (χ4n) is 3.04. The molecule has 0 aliphatic carbocycles. The van der Waals surface area contributed by atoms with Gasteiger partial charge in [0, 0.05) is 23.3 Å². The number of anilines is 1. The Bertz CT molecular complexity index is 961. The number of H-pyrrole nitrogens is 1. The molecule has 8 heteroatoms. The first kappa shape index (κ1) is 16.5. The van der Waals surface area contributed by atoms with Crippen LogP contribution in [0, 0.1) is 0 Å². The molecule has 1 atom stereocenters. The van der Waals surface area contributed by atoms with E-state index in [-0.39, 0.29) is 0 Å². The quantitative estimate of drug-likeness (QED) is 0.603. The van der Waals surface area contributed by atoms with Crippen molar-refractivity contribution in [1.29, 1.82) is 0 Å². The van der Waals surface area contributed by atoms with E-state index in [1.807, 2.05) is 43.5 Å². The van der Waals surface area contributed by atoms with Crippen molar-refractivity contribution in [3.63, 3.8) is 0 Å². The third kappa shape index (κ3) is 2.99. The fraction of sp³-hybridized carbons (Fsp3) is 0.167. The molecule has 0 spiro atoms. The fourth-order valence-corrected chi connectivity index (χ4v) is 3.82. The summed E-state index contributed by atoms with van der Waals surface area (Å²) in [6.07, 6.45) is 1.81. The molecule has 0 fully saturated rings. The van der Waals surface area contributed by atoms with Gasteiger partial charge in [0.2, 0.25) is 17.0 Å². The van der Waals surface area contributed by atoms with E-state index in [1.54, 1.807) is 16.4 Å². The number of primary amides is 1. The second-order valence-corrected chi connectivity index (χ2v) is 6.94. The smallest absolute Gasteiger partial charge is 0.248 e. The summed E-state index contributed by atoms with van der Waals surface area (Å²) in [5.74, 6) is 0.893. The van der Waals surface area contributed by atoms with Gasteiger partial charge >= 0.3 is 0 Å². The zero-order valence-electron chi connectivity index (χ0n) is 14.1. The zero-order chi connectivity index (χ0) is 18.1. The summed E-state index contributed by atoms with van der Waals surface area (Å²) in [7, 11) is 0. The van der Waals surface area contributed by atoms with Gasteiger partial charge in [-0.05, 0) is 24.6 Å². The predicted octanol–water partition coefficient (Wildman–Crippen LogP) is 2.67. The molecular weight excluding hydrogens is 348 g/mol. The number of thioether (sulfide) groups is 1. The van der Waals surface area contributed by atoms with Crippen LogP contribution >= 0.6 is 11.8 Å². The average molecular weight is 366 g/mol. The van der Waals surface area contributed by atoms with Gasteiger partial charge in [-0.25, -0.2) is 4.68 Å². The van der Waals surface area contributed by atoms with Gasteiger partial charge in [0.25, 0.3) is 0 Å². The summed E-state index contributed by atoms with van der Waals surface area (Å²) in [5, 5.41) is 8.40. The number of benzene rings is 1. The summed E-state index contributed by atoms with van der Waals surface area (Å²) in [6.45, 7) is 1.82. The Morgan fingerprint density at radius 3 is 2.77 bits per heavy atom. The number of hydrogen-bond acceptors (Lipinski definition) is 5. The lowest BCUT2D eigenvalue weighted by Gasteiger charge is -2.26. The molecule has 0 saturated carbocycles. The van der Waals surface area contributed by atoms with Gasteiger partial charge in [-0.1, -0.05) is 42.1 Å². The van der Waals surface area contributed by atoms with Gasteiger partial charge in [-0.15, -0.1) is 5.10 Å². The lowest BCUT2D eigenvalue weighted by Crippen LogP contribution is -2.32. The van der Waals surface area contributed by atoms with Crippen molar-refractivity contribution >= 4 is 23.6 Å². The molecular formula is C18H18N6OS. The first-order valence-electron chi connectivity index (χ1n) is 8.17. The second kappa shape index (κ2) is 6.72. The number of rotatable bonds is 5. The number of fused-ring (bicyclic) bond motifs is 1. The molecule has 3 aromatic rings. The van der Waals surface area contributed by atoms with Crippen LogP contribution in [0.3, 0.4) is 0 Å². The molecule has 1 aliphatic heterocycles. The highest BCUT2D eigenvalue weighted by Gasteiger charge is 2.33. The number of carbonyl (C=O) groups is 1. The van der Waals surface area contributed by atoms with Crippen LogP contribution in [0.1, 0.15) is 24.2 Å². The van der Waals surface area contributed by atoms with Gasteiger partial charge in [0.15, 0.2) is 0 Å². The minimum atomic E-state index is -0.478. The van der Waals surface area contributed by atoms with Crippen LogP contribution < -0.4 is 11.1 Å². The molecule has 0 saturated heterocycles. The van der Waals surface area contributed by atoms with Crippen molar-refractivity contribution in [2.75, 3.05) is 5.32 Å². The lowest BCUT2D eigenvalue weighted by atomic mass is 10.00. The number of nitrogens with zero attached hydrogens (tertiary/aromatic N) is 3. The lowest BCUT2D eigenvalue weighted by molar-refractivity contribution is -0.115. The number of aromatic nitrogens is 4. The predicted molar refractivity (Wildman–Crippen MR) is 100 cm³/mol. The van der Waals surface area contributed by atoms with E-state index < -0.39 is 11.9 Å². The van der Waals surface area contributed by atoms with Crippen molar-refractivity contribution in [1.82, 2.24) is 19.7 Å². The highest BCUT2D eigenvalue weighted by Crippen LogP contribution is 2.35. The van der Waals surface area contributed by atoms with E-state index in [2.05, 4.69) is 32.5 Å².